The number of hydrogen-bond donors (Lipinski definition) is 1. The third-order valence-electron chi connectivity index (χ3n) is 2.90. The van der Waals surface area contributed by atoms with E-state index in [0.29, 0.717) is 15.3 Å². The van der Waals surface area contributed by atoms with Crippen molar-refractivity contribution >= 4 is 39.0 Å². The van der Waals surface area contributed by atoms with Gasteiger partial charge in [0.05, 0.1) is 9.70 Å². The smallest absolute Gasteiger partial charge is 0.316 e. The Hall–Kier alpha value is -1.46. The topological polar surface area (TPSA) is 54.4 Å². The van der Waals surface area contributed by atoms with Crippen LogP contribution in [0.5, 0.6) is 0 Å². The van der Waals surface area contributed by atoms with Crippen LogP contribution in [0.3, 0.4) is 0 Å². The second-order valence-corrected chi connectivity index (χ2v) is 6.85. The molecule has 0 saturated carbocycles. The number of aliphatic carboxylic acids is 1. The molecule has 104 valence electrons. The lowest BCUT2D eigenvalue weighted by Crippen LogP contribution is -2.11. The Kier molecular flexibility index (Phi) is 4.73. The minimum absolute atomic E-state index is 0.0292. The Morgan fingerprint density at radius 3 is 2.35 bits per heavy atom. The monoisotopic (exact) mass is 352 g/mol. The highest BCUT2D eigenvalue weighted by Crippen LogP contribution is 2.31. The van der Waals surface area contributed by atoms with Gasteiger partial charge >= 0.3 is 5.97 Å². The van der Waals surface area contributed by atoms with Crippen molar-refractivity contribution in [2.24, 2.45) is 0 Å². The second kappa shape index (κ2) is 6.33. The van der Waals surface area contributed by atoms with Gasteiger partial charge in [0.15, 0.2) is 5.78 Å². The maximum Gasteiger partial charge on any atom is 0.316 e. The van der Waals surface area contributed by atoms with Crippen molar-refractivity contribution in [3.8, 4) is 0 Å². The van der Waals surface area contributed by atoms with Crippen molar-refractivity contribution in [2.75, 3.05) is 0 Å². The lowest BCUT2D eigenvalue weighted by Gasteiger charge is -2.10. The van der Waals surface area contributed by atoms with E-state index in [4.69, 9.17) is 0 Å². The summed E-state index contributed by atoms with van der Waals surface area (Å²) in [5.41, 5.74) is 0.715. The van der Waals surface area contributed by atoms with E-state index < -0.39 is 11.9 Å². The maximum absolute atomic E-state index is 11.9. The number of benzene rings is 1. The van der Waals surface area contributed by atoms with E-state index in [1.165, 1.54) is 11.3 Å². The molecule has 2 rings (SSSR count). The molecule has 1 N–H and O–H groups in total. The zero-order chi connectivity index (χ0) is 14.7. The molecule has 0 bridgehead atoms. The Bertz CT molecular complexity index is 619. The molecule has 1 aromatic heterocycles. The number of carbonyl (C=O) groups excluding carboxylic acids is 1. The Morgan fingerprint density at radius 1 is 1.15 bits per heavy atom. The molecule has 3 nitrogen and oxygen atoms in total. The molecular weight excluding hydrogens is 340 g/mol. The van der Waals surface area contributed by atoms with Crippen molar-refractivity contribution in [2.45, 2.75) is 17.7 Å². The first kappa shape index (κ1) is 14.9. The first-order chi connectivity index (χ1) is 9.50. The molecule has 0 radical (unpaired) electrons. The average molecular weight is 353 g/mol. The number of carboxylic acids is 1. The third kappa shape index (κ3) is 3.16. The van der Waals surface area contributed by atoms with E-state index in [1.54, 1.807) is 31.2 Å². The fourth-order valence-corrected chi connectivity index (χ4v) is 3.47. The molecule has 0 aliphatic heterocycles. The summed E-state index contributed by atoms with van der Waals surface area (Å²) in [6, 6.07) is 12.5. The van der Waals surface area contributed by atoms with Gasteiger partial charge in [-0.25, -0.2) is 0 Å². The Balaban J connectivity index is 2.37. The van der Waals surface area contributed by atoms with Gasteiger partial charge in [0.2, 0.25) is 0 Å². The molecule has 0 amide bonds. The summed E-state index contributed by atoms with van der Waals surface area (Å²) in [7, 11) is 0. The Morgan fingerprint density at radius 2 is 1.80 bits per heavy atom. The van der Waals surface area contributed by atoms with E-state index >= 15 is 0 Å². The van der Waals surface area contributed by atoms with Gasteiger partial charge in [0, 0.05) is 4.88 Å². The van der Waals surface area contributed by atoms with Gasteiger partial charge in [-0.2, -0.15) is 0 Å². The van der Waals surface area contributed by atoms with Crippen LogP contribution in [0.2, 0.25) is 0 Å². The summed E-state index contributed by atoms with van der Waals surface area (Å²) in [5.74, 6) is -1.67. The third-order valence-corrected chi connectivity index (χ3v) is 4.48. The summed E-state index contributed by atoms with van der Waals surface area (Å²) >= 11 is 4.48. The fourth-order valence-electron chi connectivity index (χ4n) is 1.91. The largest absolute Gasteiger partial charge is 0.481 e. The van der Waals surface area contributed by atoms with Crippen LogP contribution < -0.4 is 0 Å². The molecule has 2 atom stereocenters. The van der Waals surface area contributed by atoms with Crippen LogP contribution in [0, 0.1) is 0 Å². The van der Waals surface area contributed by atoms with E-state index in [2.05, 4.69) is 15.9 Å². The van der Waals surface area contributed by atoms with Crippen LogP contribution >= 0.6 is 27.3 Å². The van der Waals surface area contributed by atoms with Crippen molar-refractivity contribution in [3.63, 3.8) is 0 Å². The highest BCUT2D eigenvalue weighted by atomic mass is 79.9. The van der Waals surface area contributed by atoms with Crippen LogP contribution in [0.25, 0.3) is 0 Å². The summed E-state index contributed by atoms with van der Waals surface area (Å²) < 4.78 is 0. The number of rotatable bonds is 5. The van der Waals surface area contributed by atoms with Crippen molar-refractivity contribution in [3.05, 3.63) is 57.8 Å². The minimum Gasteiger partial charge on any atom is -0.481 e. The summed E-state index contributed by atoms with van der Waals surface area (Å²) in [6.45, 7) is 1.76. The molecule has 2 aromatic rings. The molecule has 0 aliphatic carbocycles. The van der Waals surface area contributed by atoms with Gasteiger partial charge in [-0.1, -0.05) is 46.3 Å². The van der Waals surface area contributed by atoms with Crippen molar-refractivity contribution in [1.29, 1.82) is 0 Å². The normalized spacial score (nSPS) is 13.7. The molecule has 0 aliphatic rings. The van der Waals surface area contributed by atoms with Crippen LogP contribution in [0.15, 0.2) is 42.5 Å². The van der Waals surface area contributed by atoms with Gasteiger partial charge < -0.3 is 5.11 Å². The predicted molar refractivity (Wildman–Crippen MR) is 83.0 cm³/mol. The zero-order valence-electron chi connectivity index (χ0n) is 10.7. The van der Waals surface area contributed by atoms with Crippen molar-refractivity contribution < 1.29 is 14.7 Å². The molecule has 0 saturated heterocycles. The standard InChI is InChI=1S/C15H13BrO3S/c1-9(16)14(17)12-8-7-11(20-12)13(15(18)19)10-5-3-2-4-6-10/h2-9,13H,1H3,(H,18,19). The van der Waals surface area contributed by atoms with Gasteiger partial charge in [0.25, 0.3) is 0 Å². The SMILES string of the molecule is CC(Br)C(=O)c1ccc(C(C(=O)O)c2ccccc2)s1. The molecule has 20 heavy (non-hydrogen) atoms. The quantitative estimate of drug-likeness (QED) is 0.655. The van der Waals surface area contributed by atoms with Crippen LogP contribution in [-0.4, -0.2) is 21.7 Å². The van der Waals surface area contributed by atoms with E-state index in [-0.39, 0.29) is 10.6 Å². The number of Topliss-reactive ketones (excluding diaryl/α,β-unsaturated/α-hetero) is 1. The van der Waals surface area contributed by atoms with E-state index in [1.807, 2.05) is 18.2 Å². The van der Waals surface area contributed by atoms with Gasteiger partial charge in [0.1, 0.15) is 5.92 Å². The van der Waals surface area contributed by atoms with E-state index in [0.717, 1.165) is 0 Å². The average Bonchev–Trinajstić information content (AvgIpc) is 2.88. The second-order valence-electron chi connectivity index (χ2n) is 4.36. The maximum atomic E-state index is 11.9. The van der Waals surface area contributed by atoms with E-state index in [9.17, 15) is 14.7 Å². The zero-order valence-corrected chi connectivity index (χ0v) is 13.1. The summed E-state index contributed by atoms with van der Waals surface area (Å²) in [4.78, 5) is 24.4. The molecule has 2 unspecified atom stereocenters. The lowest BCUT2D eigenvalue weighted by molar-refractivity contribution is -0.137. The van der Waals surface area contributed by atoms with Crippen LogP contribution in [0.1, 0.15) is 33.0 Å². The molecular formula is C15H13BrO3S. The number of hydrogen-bond acceptors (Lipinski definition) is 3. The van der Waals surface area contributed by atoms with Crippen molar-refractivity contribution in [1.82, 2.24) is 0 Å². The number of thiophene rings is 1. The summed E-state index contributed by atoms with van der Waals surface area (Å²) in [6.07, 6.45) is 0. The Labute approximate surface area is 129 Å². The molecule has 0 spiro atoms. The predicted octanol–water partition coefficient (Wildman–Crippen LogP) is 3.93. The highest BCUT2D eigenvalue weighted by Gasteiger charge is 2.25. The number of carbonyl (C=O) groups is 2. The molecule has 5 heteroatoms. The fraction of sp³-hybridized carbons (Fsp3) is 0.200. The van der Waals surface area contributed by atoms with Gasteiger partial charge in [-0.15, -0.1) is 11.3 Å². The number of halogens is 1. The number of carboxylic acid groups (broad SMARTS) is 1. The summed E-state index contributed by atoms with van der Waals surface area (Å²) in [5, 5.41) is 9.45. The number of alkyl halides is 1. The first-order valence-electron chi connectivity index (χ1n) is 6.06. The number of ketones is 1. The molecule has 1 aromatic carbocycles. The van der Waals surface area contributed by atoms with Crippen LogP contribution in [0.4, 0.5) is 0 Å². The van der Waals surface area contributed by atoms with Crippen LogP contribution in [-0.2, 0) is 4.79 Å². The lowest BCUT2D eigenvalue weighted by atomic mass is 9.98. The molecule has 0 fully saturated rings. The molecule has 1 heterocycles. The first-order valence-corrected chi connectivity index (χ1v) is 7.79. The highest BCUT2D eigenvalue weighted by molar-refractivity contribution is 9.10. The minimum atomic E-state index is -0.913. The van der Waals surface area contributed by atoms with Gasteiger partial charge in [-0.05, 0) is 24.6 Å². The van der Waals surface area contributed by atoms with Gasteiger partial charge in [-0.3, -0.25) is 9.59 Å².